The van der Waals surface area contributed by atoms with Gasteiger partial charge < -0.3 is 5.32 Å². The van der Waals surface area contributed by atoms with Crippen molar-refractivity contribution < 1.29 is 4.92 Å². The molecule has 0 spiro atoms. The fraction of sp³-hybridized carbons (Fsp3) is 0.625. The smallest absolute Gasteiger partial charge is 0.273 e. The van der Waals surface area contributed by atoms with Crippen LogP contribution in [0.4, 0.5) is 5.69 Å². The van der Waals surface area contributed by atoms with Gasteiger partial charge in [-0.1, -0.05) is 42.1 Å². The maximum atomic E-state index is 11.1. The van der Waals surface area contributed by atoms with E-state index in [0.717, 1.165) is 22.4 Å². The van der Waals surface area contributed by atoms with Crippen LogP contribution < -0.4 is 5.32 Å². The molecule has 1 saturated carbocycles. The molecule has 0 amide bonds. The average Bonchev–Trinajstić information content (AvgIpc) is 2.48. The third-order valence-corrected chi connectivity index (χ3v) is 4.94. The van der Waals surface area contributed by atoms with Crippen LogP contribution in [0.1, 0.15) is 51.0 Å². The Hall–Kier alpha value is -0.940. The molecule has 0 bridgehead atoms. The van der Waals surface area contributed by atoms with Crippen LogP contribution in [0.2, 0.25) is 0 Å². The second-order valence-corrected chi connectivity index (χ2v) is 6.74. The van der Waals surface area contributed by atoms with E-state index >= 15 is 0 Å². The number of hydrogen-bond acceptors (Lipinski definition) is 3. The van der Waals surface area contributed by atoms with Crippen LogP contribution in [0.25, 0.3) is 0 Å². The van der Waals surface area contributed by atoms with Gasteiger partial charge in [0.1, 0.15) is 0 Å². The van der Waals surface area contributed by atoms with Crippen LogP contribution in [0, 0.1) is 16.0 Å². The maximum Gasteiger partial charge on any atom is 0.273 e. The van der Waals surface area contributed by atoms with Gasteiger partial charge in [-0.05, 0) is 37.3 Å². The summed E-state index contributed by atoms with van der Waals surface area (Å²) in [5.74, 6) is 0.718. The zero-order valence-electron chi connectivity index (χ0n) is 12.5. The van der Waals surface area contributed by atoms with Gasteiger partial charge >= 0.3 is 0 Å². The average molecular weight is 355 g/mol. The Balaban J connectivity index is 2.03. The molecule has 0 aliphatic heterocycles. The standard InChI is InChI=1S/C16H23BrN2O2/c1-2-15(12-6-4-3-5-7-12)18-11-13-10-14(17)8-9-16(13)19(20)21/h8-10,12,15,18H,2-7,11H2,1H3. The van der Waals surface area contributed by atoms with Crippen molar-refractivity contribution in [3.8, 4) is 0 Å². The molecule has 1 unspecified atom stereocenters. The van der Waals surface area contributed by atoms with Crippen LogP contribution in [0.15, 0.2) is 22.7 Å². The molecule has 21 heavy (non-hydrogen) atoms. The number of nitrogens with zero attached hydrogens (tertiary/aromatic N) is 1. The molecule has 0 aromatic heterocycles. The molecule has 1 aliphatic rings. The van der Waals surface area contributed by atoms with Gasteiger partial charge in [-0.15, -0.1) is 0 Å². The molecular formula is C16H23BrN2O2. The first-order chi connectivity index (χ1) is 10.1. The van der Waals surface area contributed by atoms with Crippen molar-refractivity contribution in [2.45, 2.75) is 58.0 Å². The summed E-state index contributed by atoms with van der Waals surface area (Å²) in [6.45, 7) is 2.76. The molecule has 1 aliphatic carbocycles. The Morgan fingerprint density at radius 1 is 1.38 bits per heavy atom. The lowest BCUT2D eigenvalue weighted by Crippen LogP contribution is -2.36. The van der Waals surface area contributed by atoms with Gasteiger partial charge in [0.15, 0.2) is 0 Å². The Bertz CT molecular complexity index is 487. The molecular weight excluding hydrogens is 332 g/mol. The van der Waals surface area contributed by atoms with E-state index in [0.29, 0.717) is 12.6 Å². The van der Waals surface area contributed by atoms with E-state index in [1.807, 2.05) is 6.07 Å². The third kappa shape index (κ3) is 4.51. The van der Waals surface area contributed by atoms with Crippen LogP contribution >= 0.6 is 15.9 Å². The third-order valence-electron chi connectivity index (χ3n) is 4.45. The zero-order chi connectivity index (χ0) is 15.2. The van der Waals surface area contributed by atoms with E-state index in [-0.39, 0.29) is 10.6 Å². The first-order valence-electron chi connectivity index (χ1n) is 7.78. The Morgan fingerprint density at radius 2 is 2.10 bits per heavy atom. The second-order valence-electron chi connectivity index (χ2n) is 5.82. The van der Waals surface area contributed by atoms with Gasteiger partial charge in [0.25, 0.3) is 5.69 Å². The summed E-state index contributed by atoms with van der Waals surface area (Å²) in [6.07, 6.45) is 7.63. The quantitative estimate of drug-likeness (QED) is 0.589. The van der Waals surface area contributed by atoms with Gasteiger partial charge in [-0.3, -0.25) is 10.1 Å². The van der Waals surface area contributed by atoms with E-state index in [1.54, 1.807) is 12.1 Å². The molecule has 1 atom stereocenters. The highest BCUT2D eigenvalue weighted by Gasteiger charge is 2.23. The predicted octanol–water partition coefficient (Wildman–Crippen LogP) is 4.81. The van der Waals surface area contributed by atoms with Gasteiger partial charge in [0, 0.05) is 28.7 Å². The molecule has 1 fully saturated rings. The molecule has 116 valence electrons. The minimum absolute atomic E-state index is 0.198. The zero-order valence-corrected chi connectivity index (χ0v) is 14.1. The normalized spacial score (nSPS) is 17.6. The van der Waals surface area contributed by atoms with Crippen molar-refractivity contribution in [1.82, 2.24) is 5.32 Å². The van der Waals surface area contributed by atoms with Crippen LogP contribution in [0.5, 0.6) is 0 Å². The highest BCUT2D eigenvalue weighted by atomic mass is 79.9. The van der Waals surface area contributed by atoms with Crippen LogP contribution in [-0.2, 0) is 6.54 Å². The number of nitro groups is 1. The van der Waals surface area contributed by atoms with Gasteiger partial charge in [-0.2, -0.15) is 0 Å². The number of benzene rings is 1. The van der Waals surface area contributed by atoms with E-state index in [9.17, 15) is 10.1 Å². The number of nitro benzene ring substituents is 1. The minimum Gasteiger partial charge on any atom is -0.309 e. The van der Waals surface area contributed by atoms with Crippen molar-refractivity contribution in [2.75, 3.05) is 0 Å². The molecule has 0 saturated heterocycles. The van der Waals surface area contributed by atoms with Crippen molar-refractivity contribution in [3.05, 3.63) is 38.3 Å². The summed E-state index contributed by atoms with van der Waals surface area (Å²) in [4.78, 5) is 10.8. The summed E-state index contributed by atoms with van der Waals surface area (Å²) in [6, 6.07) is 5.60. The lowest BCUT2D eigenvalue weighted by Gasteiger charge is -2.30. The summed E-state index contributed by atoms with van der Waals surface area (Å²) in [5.41, 5.74) is 0.952. The second kappa shape index (κ2) is 7.90. The molecule has 2 rings (SSSR count). The summed E-state index contributed by atoms with van der Waals surface area (Å²) >= 11 is 3.40. The first-order valence-corrected chi connectivity index (χ1v) is 8.57. The van der Waals surface area contributed by atoms with Crippen molar-refractivity contribution >= 4 is 21.6 Å². The first kappa shape index (κ1) is 16.4. The summed E-state index contributed by atoms with van der Waals surface area (Å²) in [5, 5.41) is 14.7. The fourth-order valence-corrected chi connectivity index (χ4v) is 3.70. The number of halogens is 1. The highest BCUT2D eigenvalue weighted by molar-refractivity contribution is 9.10. The van der Waals surface area contributed by atoms with Crippen molar-refractivity contribution in [1.29, 1.82) is 0 Å². The molecule has 0 radical (unpaired) electrons. The largest absolute Gasteiger partial charge is 0.309 e. The van der Waals surface area contributed by atoms with Crippen molar-refractivity contribution in [3.63, 3.8) is 0 Å². The lowest BCUT2D eigenvalue weighted by atomic mass is 9.83. The predicted molar refractivity (Wildman–Crippen MR) is 88.3 cm³/mol. The van der Waals surface area contributed by atoms with Gasteiger partial charge in [0.2, 0.25) is 0 Å². The fourth-order valence-electron chi connectivity index (χ4n) is 3.30. The van der Waals surface area contributed by atoms with E-state index < -0.39 is 0 Å². The number of nitrogens with one attached hydrogen (secondary N) is 1. The van der Waals surface area contributed by atoms with Gasteiger partial charge in [-0.25, -0.2) is 0 Å². The van der Waals surface area contributed by atoms with Crippen LogP contribution in [0.3, 0.4) is 0 Å². The number of rotatable bonds is 6. The highest BCUT2D eigenvalue weighted by Crippen LogP contribution is 2.29. The van der Waals surface area contributed by atoms with Crippen LogP contribution in [-0.4, -0.2) is 11.0 Å². The Morgan fingerprint density at radius 3 is 2.71 bits per heavy atom. The molecule has 1 aromatic rings. The molecule has 1 N–H and O–H groups in total. The Labute approximate surface area is 134 Å². The van der Waals surface area contributed by atoms with Crippen molar-refractivity contribution in [2.24, 2.45) is 5.92 Å². The van der Waals surface area contributed by atoms with Gasteiger partial charge in [0.05, 0.1) is 4.92 Å². The minimum atomic E-state index is -0.301. The summed E-state index contributed by atoms with van der Waals surface area (Å²) in [7, 11) is 0. The van der Waals surface area contributed by atoms with E-state index in [2.05, 4.69) is 28.2 Å². The molecule has 0 heterocycles. The van der Waals surface area contributed by atoms with E-state index in [1.165, 1.54) is 32.1 Å². The number of hydrogen-bond donors (Lipinski definition) is 1. The monoisotopic (exact) mass is 354 g/mol. The van der Waals surface area contributed by atoms with E-state index in [4.69, 9.17) is 0 Å². The Kier molecular flexibility index (Phi) is 6.18. The lowest BCUT2D eigenvalue weighted by molar-refractivity contribution is -0.385. The molecule has 5 heteroatoms. The topological polar surface area (TPSA) is 55.2 Å². The molecule has 1 aromatic carbocycles. The molecule has 4 nitrogen and oxygen atoms in total. The SMILES string of the molecule is CCC(NCc1cc(Br)ccc1[N+](=O)[O-])C1CCCCC1. The summed E-state index contributed by atoms with van der Waals surface area (Å²) < 4.78 is 0.885. The maximum absolute atomic E-state index is 11.1.